The molecule has 0 atom stereocenters. The zero-order valence-corrected chi connectivity index (χ0v) is 16.7. The van der Waals surface area contributed by atoms with Crippen molar-refractivity contribution in [3.8, 4) is 17.2 Å². The molecule has 0 aliphatic rings. The normalized spacial score (nSPS) is 11.2. The maximum Gasteiger partial charge on any atom is 0.188 e. The maximum absolute atomic E-state index is 6.01. The molecule has 0 amide bonds. The van der Waals surface area contributed by atoms with Gasteiger partial charge in [0.2, 0.25) is 0 Å². The van der Waals surface area contributed by atoms with E-state index in [0.717, 1.165) is 23.3 Å². The minimum Gasteiger partial charge on any atom is -0.493 e. The van der Waals surface area contributed by atoms with Crippen molar-refractivity contribution in [2.24, 2.45) is 10.7 Å². The molecule has 7 heteroatoms. The summed E-state index contributed by atoms with van der Waals surface area (Å²) in [4.78, 5) is 4.37. The van der Waals surface area contributed by atoms with E-state index in [0.29, 0.717) is 42.2 Å². The summed E-state index contributed by atoms with van der Waals surface area (Å²) in [7, 11) is 3.24. The molecule has 0 spiro atoms. The minimum atomic E-state index is 0.382. The number of hydrogen-bond acceptors (Lipinski definition) is 4. The fraction of sp³-hybridized carbons (Fsp3) is 0.350. The number of rotatable bonds is 9. The largest absolute Gasteiger partial charge is 0.493 e. The smallest absolute Gasteiger partial charge is 0.188 e. The molecule has 0 aliphatic heterocycles. The Hall–Kier alpha value is -2.60. The van der Waals surface area contributed by atoms with Crippen LogP contribution in [0.5, 0.6) is 17.2 Å². The molecule has 0 saturated carbocycles. The Bertz CT molecular complexity index is 781. The summed E-state index contributed by atoms with van der Waals surface area (Å²) < 4.78 is 16.2. The van der Waals surface area contributed by atoms with Crippen molar-refractivity contribution in [2.45, 2.75) is 19.9 Å². The number of benzene rings is 2. The summed E-state index contributed by atoms with van der Waals surface area (Å²) in [5, 5.41) is 3.75. The lowest BCUT2D eigenvalue weighted by molar-refractivity contribution is 0.336. The minimum absolute atomic E-state index is 0.382. The van der Waals surface area contributed by atoms with Gasteiger partial charge >= 0.3 is 0 Å². The van der Waals surface area contributed by atoms with Gasteiger partial charge in [0.25, 0.3) is 0 Å². The molecule has 2 aromatic rings. The number of aliphatic imine (C=N–C) groups is 1. The van der Waals surface area contributed by atoms with E-state index in [2.05, 4.69) is 10.3 Å². The number of methoxy groups -OCH3 is 2. The highest BCUT2D eigenvalue weighted by Crippen LogP contribution is 2.27. The van der Waals surface area contributed by atoms with Crippen molar-refractivity contribution >= 4 is 17.6 Å². The van der Waals surface area contributed by atoms with Gasteiger partial charge in [-0.3, -0.25) is 0 Å². The van der Waals surface area contributed by atoms with Gasteiger partial charge in [-0.2, -0.15) is 0 Å². The SMILES string of the molecule is CCOc1cc(Cl)ccc1CN=C(N)NCCc1ccc(OC)c(OC)c1. The van der Waals surface area contributed by atoms with Gasteiger partial charge in [0.1, 0.15) is 5.75 Å². The Morgan fingerprint density at radius 3 is 2.56 bits per heavy atom. The number of hydrogen-bond donors (Lipinski definition) is 2. The lowest BCUT2D eigenvalue weighted by Crippen LogP contribution is -2.33. The lowest BCUT2D eigenvalue weighted by atomic mass is 10.1. The third-order valence-electron chi connectivity index (χ3n) is 3.92. The molecule has 27 heavy (non-hydrogen) atoms. The van der Waals surface area contributed by atoms with Crippen LogP contribution in [0.2, 0.25) is 5.02 Å². The first-order valence-corrected chi connectivity index (χ1v) is 9.11. The number of guanidine groups is 1. The van der Waals surface area contributed by atoms with Gasteiger partial charge in [-0.05, 0) is 43.2 Å². The van der Waals surface area contributed by atoms with Crippen LogP contribution in [-0.2, 0) is 13.0 Å². The molecule has 2 aromatic carbocycles. The highest BCUT2D eigenvalue weighted by molar-refractivity contribution is 6.30. The summed E-state index contributed by atoms with van der Waals surface area (Å²) in [5.41, 5.74) is 8.02. The van der Waals surface area contributed by atoms with Crippen LogP contribution in [-0.4, -0.2) is 33.3 Å². The lowest BCUT2D eigenvalue weighted by Gasteiger charge is -2.11. The first-order valence-electron chi connectivity index (χ1n) is 8.73. The monoisotopic (exact) mass is 391 g/mol. The van der Waals surface area contributed by atoms with E-state index in [4.69, 9.17) is 31.5 Å². The third kappa shape index (κ3) is 6.25. The highest BCUT2D eigenvalue weighted by atomic mass is 35.5. The second-order valence-electron chi connectivity index (χ2n) is 5.75. The van der Waals surface area contributed by atoms with Crippen molar-refractivity contribution in [3.63, 3.8) is 0 Å². The van der Waals surface area contributed by atoms with Crippen LogP contribution in [0.3, 0.4) is 0 Å². The zero-order valence-electron chi connectivity index (χ0n) is 15.9. The van der Waals surface area contributed by atoms with E-state index in [1.807, 2.05) is 37.3 Å². The van der Waals surface area contributed by atoms with Crippen molar-refractivity contribution < 1.29 is 14.2 Å². The molecular weight excluding hydrogens is 366 g/mol. The molecule has 0 bridgehead atoms. The molecule has 0 aromatic heterocycles. The fourth-order valence-corrected chi connectivity index (χ4v) is 2.71. The number of nitrogens with two attached hydrogens (primary N) is 1. The Labute approximate surface area is 165 Å². The van der Waals surface area contributed by atoms with E-state index in [-0.39, 0.29) is 0 Å². The second-order valence-corrected chi connectivity index (χ2v) is 6.19. The van der Waals surface area contributed by atoms with E-state index in [1.54, 1.807) is 20.3 Å². The topological polar surface area (TPSA) is 78.1 Å². The molecule has 2 rings (SSSR count). The third-order valence-corrected chi connectivity index (χ3v) is 4.15. The van der Waals surface area contributed by atoms with Crippen LogP contribution in [0.4, 0.5) is 0 Å². The second kappa shape index (κ2) is 10.5. The van der Waals surface area contributed by atoms with Crippen LogP contribution in [0, 0.1) is 0 Å². The van der Waals surface area contributed by atoms with Crippen molar-refractivity contribution in [1.29, 1.82) is 0 Å². The summed E-state index contributed by atoms with van der Waals surface area (Å²) in [6.07, 6.45) is 0.779. The Balaban J connectivity index is 1.90. The van der Waals surface area contributed by atoms with Gasteiger partial charge in [0, 0.05) is 17.1 Å². The highest BCUT2D eigenvalue weighted by Gasteiger charge is 2.06. The van der Waals surface area contributed by atoms with Crippen LogP contribution < -0.4 is 25.3 Å². The maximum atomic E-state index is 6.01. The van der Waals surface area contributed by atoms with Crippen molar-refractivity contribution in [2.75, 3.05) is 27.4 Å². The van der Waals surface area contributed by atoms with Crippen LogP contribution in [0.15, 0.2) is 41.4 Å². The van der Waals surface area contributed by atoms with Crippen molar-refractivity contribution in [1.82, 2.24) is 5.32 Å². The zero-order chi connectivity index (χ0) is 19.6. The van der Waals surface area contributed by atoms with E-state index < -0.39 is 0 Å². The molecule has 0 unspecified atom stereocenters. The number of nitrogens with one attached hydrogen (secondary N) is 1. The molecular formula is C20H26ClN3O3. The summed E-state index contributed by atoms with van der Waals surface area (Å²) in [5.74, 6) is 2.53. The predicted octanol–water partition coefficient (Wildman–Crippen LogP) is 3.40. The van der Waals surface area contributed by atoms with Gasteiger partial charge in [-0.15, -0.1) is 0 Å². The fourth-order valence-electron chi connectivity index (χ4n) is 2.55. The van der Waals surface area contributed by atoms with Gasteiger partial charge in [-0.1, -0.05) is 23.7 Å². The average Bonchev–Trinajstić information content (AvgIpc) is 2.67. The molecule has 146 valence electrons. The van der Waals surface area contributed by atoms with Crippen molar-refractivity contribution in [3.05, 3.63) is 52.5 Å². The first-order chi connectivity index (χ1) is 13.1. The molecule has 6 nitrogen and oxygen atoms in total. The first kappa shape index (κ1) is 20.7. The summed E-state index contributed by atoms with van der Waals surface area (Å²) >= 11 is 6.01. The number of nitrogens with zero attached hydrogens (tertiary/aromatic N) is 1. The quantitative estimate of drug-likeness (QED) is 0.506. The average molecular weight is 392 g/mol. The predicted molar refractivity (Wildman–Crippen MR) is 109 cm³/mol. The van der Waals surface area contributed by atoms with Gasteiger partial charge in [-0.25, -0.2) is 4.99 Å². The Kier molecular flexibility index (Phi) is 8.07. The summed E-state index contributed by atoms with van der Waals surface area (Å²) in [6.45, 7) is 3.57. The van der Waals surface area contributed by atoms with Crippen LogP contribution in [0.1, 0.15) is 18.1 Å². The molecule has 0 heterocycles. The van der Waals surface area contributed by atoms with Gasteiger partial charge in [0.15, 0.2) is 17.5 Å². The van der Waals surface area contributed by atoms with Crippen LogP contribution in [0.25, 0.3) is 0 Å². The molecule has 0 radical (unpaired) electrons. The van der Waals surface area contributed by atoms with E-state index in [1.165, 1.54) is 0 Å². The van der Waals surface area contributed by atoms with Crippen LogP contribution >= 0.6 is 11.6 Å². The summed E-state index contributed by atoms with van der Waals surface area (Å²) in [6, 6.07) is 11.3. The van der Waals surface area contributed by atoms with Gasteiger partial charge < -0.3 is 25.3 Å². The van der Waals surface area contributed by atoms with E-state index >= 15 is 0 Å². The number of halogens is 1. The molecule has 0 saturated heterocycles. The molecule has 0 aliphatic carbocycles. The van der Waals surface area contributed by atoms with Gasteiger partial charge in [0.05, 0.1) is 27.4 Å². The Morgan fingerprint density at radius 2 is 1.85 bits per heavy atom. The van der Waals surface area contributed by atoms with E-state index in [9.17, 15) is 0 Å². The standard InChI is InChI=1S/C20H26ClN3O3/c1-4-27-18-12-16(21)7-6-15(18)13-24-20(22)23-10-9-14-5-8-17(25-2)19(11-14)26-3/h5-8,11-12H,4,9-10,13H2,1-3H3,(H3,22,23,24). The molecule has 0 fully saturated rings. The Morgan fingerprint density at radius 1 is 1.07 bits per heavy atom. The number of ether oxygens (including phenoxy) is 3. The molecule has 3 N–H and O–H groups in total.